The summed E-state index contributed by atoms with van der Waals surface area (Å²) < 4.78 is 30.2. The number of carbonyl (C=O) groups is 3. The molecule has 2 aliphatic heterocycles. The minimum atomic E-state index is -0.596. The lowest BCUT2D eigenvalue weighted by Crippen LogP contribution is -2.55. The van der Waals surface area contributed by atoms with Gasteiger partial charge in [0, 0.05) is 57.7 Å². The van der Waals surface area contributed by atoms with E-state index in [0.29, 0.717) is 80.6 Å². The van der Waals surface area contributed by atoms with Crippen molar-refractivity contribution in [3.8, 4) is 39.6 Å². The van der Waals surface area contributed by atoms with Crippen LogP contribution in [-0.2, 0) is 25.6 Å². The highest BCUT2D eigenvalue weighted by atomic mass is 35.5. The average molecular weight is 796 g/mol. The van der Waals surface area contributed by atoms with Crippen LogP contribution in [0.4, 0.5) is 10.5 Å². The van der Waals surface area contributed by atoms with Crippen LogP contribution in [0.2, 0.25) is 10.0 Å². The second-order valence-corrected chi connectivity index (χ2v) is 15.5. The molecule has 1 fully saturated rings. The van der Waals surface area contributed by atoms with Gasteiger partial charge in [0.1, 0.15) is 23.7 Å². The van der Waals surface area contributed by atoms with E-state index in [-0.39, 0.29) is 50.3 Å². The Morgan fingerprint density at radius 3 is 2.47 bits per heavy atom. The normalized spacial score (nSPS) is 14.7. The molecule has 0 saturated carbocycles. The number of aromatic nitrogens is 3. The number of pyridine rings is 1. The van der Waals surface area contributed by atoms with Gasteiger partial charge in [-0.2, -0.15) is 5.10 Å². The Balaban J connectivity index is 1.27. The highest BCUT2D eigenvalue weighted by Gasteiger charge is 2.39. The van der Waals surface area contributed by atoms with Gasteiger partial charge in [-0.25, -0.2) is 9.48 Å². The zero-order valence-corrected chi connectivity index (χ0v) is 33.1. The lowest BCUT2D eigenvalue weighted by Gasteiger charge is -2.41. The van der Waals surface area contributed by atoms with E-state index in [1.54, 1.807) is 80.2 Å². The summed E-state index contributed by atoms with van der Waals surface area (Å²) in [5.74, 6) is 0.503. The zero-order chi connectivity index (χ0) is 39.5. The van der Waals surface area contributed by atoms with Gasteiger partial charge in [0.25, 0.3) is 5.91 Å². The van der Waals surface area contributed by atoms with Gasteiger partial charge >= 0.3 is 6.09 Å². The van der Waals surface area contributed by atoms with Crippen LogP contribution in [0.5, 0.6) is 11.5 Å². The van der Waals surface area contributed by atoms with E-state index >= 15 is 0 Å². The van der Waals surface area contributed by atoms with E-state index in [4.69, 9.17) is 52.0 Å². The first-order valence-corrected chi connectivity index (χ1v) is 18.5. The monoisotopic (exact) mass is 794 g/mol. The number of hydrogen-bond acceptors (Lipinski definition) is 10. The summed E-state index contributed by atoms with van der Waals surface area (Å²) in [6.45, 7) is 11.2. The number of nitrogens with zero attached hydrogens (tertiary/aromatic N) is 4. The number of morpholine rings is 1. The number of rotatable bonds is 11. The summed E-state index contributed by atoms with van der Waals surface area (Å²) in [7, 11) is 1.56. The third-order valence-corrected chi connectivity index (χ3v) is 9.25. The number of nitrogens with one attached hydrogen (secondary N) is 2. The Bertz CT molecular complexity index is 2080. The maximum atomic E-state index is 14.3. The summed E-state index contributed by atoms with van der Waals surface area (Å²) in [6.07, 6.45) is 2.75. The van der Waals surface area contributed by atoms with Gasteiger partial charge in [-0.3, -0.25) is 14.6 Å². The Kier molecular flexibility index (Phi) is 11.9. The number of fused-ring (bicyclic) bond motifs is 3. The van der Waals surface area contributed by atoms with Crippen molar-refractivity contribution in [1.82, 2.24) is 25.0 Å². The number of alkyl carbamates (subject to hydrolysis) is 1. The van der Waals surface area contributed by atoms with Gasteiger partial charge in [-0.15, -0.1) is 0 Å². The first kappa shape index (κ1) is 39.8. The van der Waals surface area contributed by atoms with Crippen LogP contribution in [0.15, 0.2) is 48.8 Å². The predicted molar refractivity (Wildman–Crippen MR) is 207 cm³/mol. The predicted octanol–water partition coefficient (Wildman–Crippen LogP) is 6.93. The Morgan fingerprint density at radius 2 is 1.76 bits per heavy atom. The number of methoxy groups -OCH3 is 1. The quantitative estimate of drug-likeness (QED) is 0.153. The van der Waals surface area contributed by atoms with E-state index < -0.39 is 17.2 Å². The lowest BCUT2D eigenvalue weighted by molar-refractivity contribution is -0.117. The summed E-state index contributed by atoms with van der Waals surface area (Å²) >= 11 is 12.9. The molecule has 6 rings (SSSR count). The van der Waals surface area contributed by atoms with Crippen molar-refractivity contribution in [2.75, 3.05) is 51.9 Å². The number of carbonyl (C=O) groups excluding carboxylic acids is 3. The highest BCUT2D eigenvalue weighted by molar-refractivity contribution is 6.34. The molecular formula is C39H44Cl2N6O8. The highest BCUT2D eigenvalue weighted by Crippen LogP contribution is 2.46. The van der Waals surface area contributed by atoms with Crippen molar-refractivity contribution in [2.24, 2.45) is 0 Å². The fourth-order valence-electron chi connectivity index (χ4n) is 6.34. The van der Waals surface area contributed by atoms with Crippen LogP contribution in [-0.4, -0.2) is 95.3 Å². The van der Waals surface area contributed by atoms with Gasteiger partial charge in [-0.05, 0) is 65.0 Å². The zero-order valence-electron chi connectivity index (χ0n) is 31.6. The van der Waals surface area contributed by atoms with Gasteiger partial charge in [0.05, 0.1) is 68.8 Å². The maximum Gasteiger partial charge on any atom is 0.407 e. The molecule has 16 heteroatoms. The smallest absolute Gasteiger partial charge is 0.407 e. The summed E-state index contributed by atoms with van der Waals surface area (Å²) in [4.78, 5) is 45.1. The molecule has 2 aromatic carbocycles. The van der Waals surface area contributed by atoms with Crippen molar-refractivity contribution in [3.05, 3.63) is 70.1 Å². The van der Waals surface area contributed by atoms with Crippen molar-refractivity contribution >= 4 is 46.8 Å². The van der Waals surface area contributed by atoms with Crippen LogP contribution < -0.4 is 20.1 Å². The molecule has 0 aliphatic carbocycles. The maximum absolute atomic E-state index is 14.3. The van der Waals surface area contributed by atoms with Crippen molar-refractivity contribution in [2.45, 2.75) is 58.8 Å². The summed E-state index contributed by atoms with van der Waals surface area (Å²) in [5, 5.41) is 11.2. The van der Waals surface area contributed by atoms with Crippen molar-refractivity contribution in [1.29, 1.82) is 0 Å². The minimum Gasteiger partial charge on any atom is -0.496 e. The number of amides is 3. The van der Waals surface area contributed by atoms with Gasteiger partial charge in [0.15, 0.2) is 5.69 Å². The third-order valence-electron chi connectivity index (χ3n) is 8.82. The van der Waals surface area contributed by atoms with Gasteiger partial charge in [0.2, 0.25) is 5.91 Å². The number of hydrogen-bond donors (Lipinski definition) is 2. The van der Waals surface area contributed by atoms with Crippen LogP contribution in [0.1, 0.15) is 57.1 Å². The van der Waals surface area contributed by atoms with Crippen LogP contribution in [0, 0.1) is 0 Å². The van der Waals surface area contributed by atoms with Gasteiger partial charge in [-0.1, -0.05) is 23.2 Å². The molecule has 292 valence electrons. The second-order valence-electron chi connectivity index (χ2n) is 14.7. The molecule has 2 N–H and O–H groups in total. The van der Waals surface area contributed by atoms with Crippen LogP contribution in [0.3, 0.4) is 0 Å². The Hall–Kier alpha value is -4.89. The number of halogens is 2. The topological polar surface area (TPSA) is 155 Å². The molecule has 55 heavy (non-hydrogen) atoms. The molecule has 3 amide bonds. The third kappa shape index (κ3) is 9.33. The van der Waals surface area contributed by atoms with Gasteiger partial charge < -0.3 is 39.2 Å². The molecule has 2 aliphatic rings. The fraction of sp³-hybridized carbons (Fsp3) is 0.410. The minimum absolute atomic E-state index is 0.0814. The molecule has 4 aromatic rings. The molecule has 14 nitrogen and oxygen atoms in total. The molecule has 0 radical (unpaired) electrons. The van der Waals surface area contributed by atoms with E-state index in [1.165, 1.54) is 0 Å². The number of anilines is 1. The molecule has 0 atom stereocenters. The Labute approximate surface area is 329 Å². The molecule has 0 unspecified atom stereocenters. The summed E-state index contributed by atoms with van der Waals surface area (Å²) in [5.41, 5.74) is 3.32. The van der Waals surface area contributed by atoms with Crippen molar-refractivity contribution < 1.29 is 38.1 Å². The number of benzene rings is 2. The van der Waals surface area contributed by atoms with E-state index in [2.05, 4.69) is 15.6 Å². The lowest BCUT2D eigenvalue weighted by atomic mass is 9.95. The molecule has 0 spiro atoms. The number of ether oxygens (including phenoxy) is 5. The molecule has 4 heterocycles. The van der Waals surface area contributed by atoms with Crippen LogP contribution in [0.25, 0.3) is 28.1 Å². The van der Waals surface area contributed by atoms with Crippen LogP contribution >= 0.6 is 23.2 Å². The second kappa shape index (κ2) is 16.5. The SMILES string of the molecule is COc1cc2c(cc1-c1cncc(NC(=O)CCOCCNC(=O)OC(C)(C)C)c1)-c1c(c(C(=O)N3CCOCC3(C)C)nn1-c1cc(Cl)cc(Cl)c1)CO2. The fourth-order valence-corrected chi connectivity index (χ4v) is 6.86. The van der Waals surface area contributed by atoms with E-state index in [1.807, 2.05) is 19.9 Å². The first-order valence-electron chi connectivity index (χ1n) is 17.8. The molecular weight excluding hydrogens is 751 g/mol. The first-order chi connectivity index (χ1) is 26.1. The van der Waals surface area contributed by atoms with E-state index in [9.17, 15) is 14.4 Å². The summed E-state index contributed by atoms with van der Waals surface area (Å²) in [6, 6.07) is 10.6. The largest absolute Gasteiger partial charge is 0.496 e. The Morgan fingerprint density at radius 1 is 1.00 bits per heavy atom. The standard InChI is InChI=1S/C39H44Cl2N6O8/c1-38(2,3)55-37(50)43-8-11-52-10-7-33(48)44-26-13-23(19-42-20-26)28-17-29-32(18-31(28)51-6)54-21-30-34(36(49)46-9-12-53-22-39(46,4)5)45-47(35(29)30)27-15-24(40)14-25(41)16-27/h13-20H,7-12,21-22H2,1-6H3,(H,43,50)(H,44,48). The molecule has 0 bridgehead atoms. The molecule has 1 saturated heterocycles. The van der Waals surface area contributed by atoms with Crippen molar-refractivity contribution in [3.63, 3.8) is 0 Å². The van der Waals surface area contributed by atoms with E-state index in [0.717, 1.165) is 0 Å². The average Bonchev–Trinajstić information content (AvgIpc) is 3.51. The molecule has 2 aromatic heterocycles.